The summed E-state index contributed by atoms with van der Waals surface area (Å²) in [6, 6.07) is 0. The third-order valence-corrected chi connectivity index (χ3v) is 1.81. The van der Waals surface area contributed by atoms with Crippen molar-refractivity contribution in [1.82, 2.24) is 0 Å². The van der Waals surface area contributed by atoms with Crippen molar-refractivity contribution < 1.29 is 23.5 Å². The largest absolute Gasteiger partial charge is 0.463 e. The van der Waals surface area contributed by atoms with Crippen LogP contribution < -0.4 is 0 Å². The molecule has 0 amide bonds. The van der Waals surface area contributed by atoms with E-state index in [1.807, 2.05) is 0 Å². The van der Waals surface area contributed by atoms with E-state index >= 15 is 0 Å². The summed E-state index contributed by atoms with van der Waals surface area (Å²) in [6.07, 6.45) is 0. The molecule has 0 aliphatic rings. The Morgan fingerprint density at radius 1 is 0.938 bits per heavy atom. The van der Waals surface area contributed by atoms with Gasteiger partial charge >= 0.3 is 5.97 Å². The van der Waals surface area contributed by atoms with Crippen molar-refractivity contribution >= 4 is 5.97 Å². The number of rotatable bonds is 9. The minimum absolute atomic E-state index is 0.275. The van der Waals surface area contributed by atoms with Crippen LogP contribution in [0.15, 0.2) is 0 Å². The Hall–Kier alpha value is -0.650. The molecule has 0 aliphatic carbocycles. The number of esters is 1. The lowest BCUT2D eigenvalue weighted by Crippen LogP contribution is -2.37. The van der Waals surface area contributed by atoms with Gasteiger partial charge in [-0.25, -0.2) is 0 Å². The molecular formula is C11H24NO4+. The summed E-state index contributed by atoms with van der Waals surface area (Å²) in [6.45, 7) is 4.96. The summed E-state index contributed by atoms with van der Waals surface area (Å²) >= 11 is 0. The second-order valence-corrected chi connectivity index (χ2v) is 4.58. The van der Waals surface area contributed by atoms with Crippen LogP contribution in [0.4, 0.5) is 0 Å². The second kappa shape index (κ2) is 8.50. The Morgan fingerprint density at radius 2 is 1.44 bits per heavy atom. The van der Waals surface area contributed by atoms with Gasteiger partial charge in [-0.1, -0.05) is 0 Å². The number of ether oxygens (including phenoxy) is 3. The average molecular weight is 234 g/mol. The van der Waals surface area contributed by atoms with Gasteiger partial charge in [0.05, 0.1) is 47.6 Å². The number of carbonyl (C=O) groups excluding carboxylic acids is 1. The molecule has 0 rings (SSSR count). The van der Waals surface area contributed by atoms with Crippen molar-refractivity contribution in [2.24, 2.45) is 0 Å². The predicted octanol–water partition coefficient (Wildman–Crippen LogP) is 0.289. The van der Waals surface area contributed by atoms with E-state index in [4.69, 9.17) is 14.2 Å². The monoisotopic (exact) mass is 234 g/mol. The first-order valence-corrected chi connectivity index (χ1v) is 5.51. The number of nitrogens with zero attached hydrogens (tertiary/aromatic N) is 1. The zero-order chi connectivity index (χ0) is 12.4. The number of likely N-dealkylation sites (N-methyl/N-ethyl adjacent to an activating group) is 1. The maximum Gasteiger partial charge on any atom is 0.302 e. The Labute approximate surface area is 97.9 Å². The molecule has 0 aromatic carbocycles. The molecule has 0 atom stereocenters. The predicted molar refractivity (Wildman–Crippen MR) is 61.2 cm³/mol. The van der Waals surface area contributed by atoms with Crippen LogP contribution >= 0.6 is 0 Å². The minimum Gasteiger partial charge on any atom is -0.463 e. The van der Waals surface area contributed by atoms with E-state index in [2.05, 4.69) is 21.1 Å². The van der Waals surface area contributed by atoms with Gasteiger partial charge in [-0.05, 0) is 0 Å². The van der Waals surface area contributed by atoms with E-state index in [-0.39, 0.29) is 5.97 Å². The van der Waals surface area contributed by atoms with Crippen molar-refractivity contribution in [2.45, 2.75) is 6.92 Å². The molecule has 16 heavy (non-hydrogen) atoms. The van der Waals surface area contributed by atoms with Crippen LogP contribution in [0, 0.1) is 0 Å². The van der Waals surface area contributed by atoms with Crippen LogP contribution in [0.3, 0.4) is 0 Å². The van der Waals surface area contributed by atoms with Gasteiger partial charge in [0.2, 0.25) is 0 Å². The van der Waals surface area contributed by atoms with Crippen molar-refractivity contribution in [2.75, 3.05) is 60.7 Å². The molecule has 0 bridgehead atoms. The highest BCUT2D eigenvalue weighted by Gasteiger charge is 2.05. The topological polar surface area (TPSA) is 44.8 Å². The van der Waals surface area contributed by atoms with Crippen LogP contribution in [0.25, 0.3) is 0 Å². The van der Waals surface area contributed by atoms with Crippen LogP contribution in [0.2, 0.25) is 0 Å². The summed E-state index contributed by atoms with van der Waals surface area (Å²) in [4.78, 5) is 10.4. The summed E-state index contributed by atoms with van der Waals surface area (Å²) in [5.74, 6) is -0.275. The Bertz CT molecular complexity index is 189. The third kappa shape index (κ3) is 13.4. The highest BCUT2D eigenvalue weighted by molar-refractivity contribution is 5.65. The van der Waals surface area contributed by atoms with Crippen LogP contribution in [0.5, 0.6) is 0 Å². The number of hydrogen-bond acceptors (Lipinski definition) is 4. The quantitative estimate of drug-likeness (QED) is 0.327. The lowest BCUT2D eigenvalue weighted by molar-refractivity contribution is -0.870. The Kier molecular flexibility index (Phi) is 8.15. The Morgan fingerprint density at radius 3 is 1.94 bits per heavy atom. The fraction of sp³-hybridized carbons (Fsp3) is 0.909. The molecule has 0 radical (unpaired) electrons. The molecule has 96 valence electrons. The van der Waals surface area contributed by atoms with Crippen molar-refractivity contribution in [3.05, 3.63) is 0 Å². The Balaban J connectivity index is 3.07. The maximum atomic E-state index is 10.4. The lowest BCUT2D eigenvalue weighted by atomic mass is 10.5. The standard InChI is InChI=1S/C11H24NO4/c1-11(13)16-10-9-15-8-7-14-6-5-12(2,3)4/h5-10H2,1-4H3/q+1. The van der Waals surface area contributed by atoms with E-state index in [1.54, 1.807) is 0 Å². The smallest absolute Gasteiger partial charge is 0.302 e. The summed E-state index contributed by atoms with van der Waals surface area (Å²) in [5.41, 5.74) is 0. The molecule has 0 spiro atoms. The lowest BCUT2D eigenvalue weighted by Gasteiger charge is -2.23. The highest BCUT2D eigenvalue weighted by Crippen LogP contribution is 1.89. The number of quaternary nitrogens is 1. The van der Waals surface area contributed by atoms with Crippen molar-refractivity contribution in [1.29, 1.82) is 0 Å². The molecular weight excluding hydrogens is 210 g/mol. The molecule has 5 nitrogen and oxygen atoms in total. The van der Waals surface area contributed by atoms with Crippen molar-refractivity contribution in [3.8, 4) is 0 Å². The average Bonchev–Trinajstić information content (AvgIpc) is 2.13. The van der Waals surface area contributed by atoms with E-state index in [0.717, 1.165) is 17.6 Å². The van der Waals surface area contributed by atoms with Gasteiger partial charge in [0.1, 0.15) is 13.2 Å². The minimum atomic E-state index is -0.275. The van der Waals surface area contributed by atoms with Crippen LogP contribution in [0.1, 0.15) is 6.92 Å². The molecule has 5 heteroatoms. The van der Waals surface area contributed by atoms with Gasteiger partial charge in [0.25, 0.3) is 0 Å². The number of hydrogen-bond donors (Lipinski definition) is 0. The first-order valence-electron chi connectivity index (χ1n) is 5.51. The maximum absolute atomic E-state index is 10.4. The summed E-state index contributed by atoms with van der Waals surface area (Å²) in [7, 11) is 6.37. The normalized spacial score (nSPS) is 11.5. The van der Waals surface area contributed by atoms with Gasteiger partial charge in [-0.2, -0.15) is 0 Å². The van der Waals surface area contributed by atoms with E-state index in [9.17, 15) is 4.79 Å². The molecule has 0 fully saturated rings. The molecule has 0 N–H and O–H groups in total. The van der Waals surface area contributed by atoms with Crippen LogP contribution in [-0.4, -0.2) is 71.2 Å². The second-order valence-electron chi connectivity index (χ2n) is 4.58. The third-order valence-electron chi connectivity index (χ3n) is 1.81. The first kappa shape index (κ1) is 15.3. The number of carbonyl (C=O) groups is 1. The van der Waals surface area contributed by atoms with Crippen molar-refractivity contribution in [3.63, 3.8) is 0 Å². The van der Waals surface area contributed by atoms with Gasteiger partial charge in [-0.15, -0.1) is 0 Å². The zero-order valence-corrected chi connectivity index (χ0v) is 10.8. The van der Waals surface area contributed by atoms with E-state index < -0.39 is 0 Å². The fourth-order valence-corrected chi connectivity index (χ4v) is 0.905. The molecule has 0 aliphatic heterocycles. The van der Waals surface area contributed by atoms with Gasteiger partial charge in [0.15, 0.2) is 0 Å². The molecule has 0 aromatic heterocycles. The molecule has 0 saturated carbocycles. The van der Waals surface area contributed by atoms with E-state index in [1.165, 1.54) is 6.92 Å². The van der Waals surface area contributed by atoms with Gasteiger partial charge < -0.3 is 18.7 Å². The molecule has 0 unspecified atom stereocenters. The highest BCUT2D eigenvalue weighted by atomic mass is 16.6. The molecule has 0 aromatic rings. The van der Waals surface area contributed by atoms with Crippen LogP contribution in [-0.2, 0) is 19.0 Å². The summed E-state index contributed by atoms with van der Waals surface area (Å²) < 4.78 is 16.2. The van der Waals surface area contributed by atoms with Gasteiger partial charge in [-0.3, -0.25) is 4.79 Å². The first-order chi connectivity index (χ1) is 7.42. The zero-order valence-electron chi connectivity index (χ0n) is 10.8. The SMILES string of the molecule is CC(=O)OCCOCCOCC[N+](C)(C)C. The van der Waals surface area contributed by atoms with E-state index in [0.29, 0.717) is 26.4 Å². The fourth-order valence-electron chi connectivity index (χ4n) is 0.905. The molecule has 0 saturated heterocycles. The van der Waals surface area contributed by atoms with Gasteiger partial charge in [0, 0.05) is 6.92 Å². The summed E-state index contributed by atoms with van der Waals surface area (Å²) in [5, 5.41) is 0. The molecule has 0 heterocycles.